The Bertz CT molecular complexity index is 1000. The summed E-state index contributed by atoms with van der Waals surface area (Å²) >= 11 is 0. The quantitative estimate of drug-likeness (QED) is 0.639. The molecular formula is C22H21N3O4. The molecule has 7 nitrogen and oxygen atoms in total. The number of ether oxygens (including phenoxy) is 3. The predicted molar refractivity (Wildman–Crippen MR) is 110 cm³/mol. The molecule has 1 aliphatic heterocycles. The lowest BCUT2D eigenvalue weighted by molar-refractivity contribution is 0.102. The number of anilines is 3. The zero-order valence-electron chi connectivity index (χ0n) is 16.1. The highest BCUT2D eigenvalue weighted by atomic mass is 16.7. The van der Waals surface area contributed by atoms with Crippen molar-refractivity contribution < 1.29 is 19.0 Å². The highest BCUT2D eigenvalue weighted by molar-refractivity contribution is 6.04. The number of carbonyl (C=O) groups is 1. The van der Waals surface area contributed by atoms with Crippen molar-refractivity contribution >= 4 is 23.1 Å². The van der Waals surface area contributed by atoms with Gasteiger partial charge < -0.3 is 24.8 Å². The van der Waals surface area contributed by atoms with E-state index >= 15 is 0 Å². The molecular weight excluding hydrogens is 370 g/mol. The standard InChI is InChI=1S/C22H21N3O4/c1-14(2)29-18-7-4-16(5-8-18)24-17-6-10-21(23-12-17)25-22(26)15-3-9-19-20(11-15)28-13-27-19/h3-12,14,24H,13H2,1-2H3,(H,23,25,26). The van der Waals surface area contributed by atoms with Gasteiger partial charge in [0.2, 0.25) is 6.79 Å². The van der Waals surface area contributed by atoms with Gasteiger partial charge in [-0.3, -0.25) is 4.79 Å². The molecule has 0 fully saturated rings. The molecule has 4 rings (SSSR count). The number of aromatic nitrogens is 1. The molecule has 1 amide bonds. The van der Waals surface area contributed by atoms with Gasteiger partial charge in [0.1, 0.15) is 11.6 Å². The smallest absolute Gasteiger partial charge is 0.256 e. The van der Waals surface area contributed by atoms with Crippen LogP contribution in [-0.4, -0.2) is 23.8 Å². The number of fused-ring (bicyclic) bond motifs is 1. The van der Waals surface area contributed by atoms with Gasteiger partial charge in [-0.1, -0.05) is 0 Å². The van der Waals surface area contributed by atoms with Crippen LogP contribution in [0.15, 0.2) is 60.8 Å². The molecule has 0 atom stereocenters. The highest BCUT2D eigenvalue weighted by Crippen LogP contribution is 2.32. The first-order valence-corrected chi connectivity index (χ1v) is 9.27. The van der Waals surface area contributed by atoms with Crippen molar-refractivity contribution in [2.45, 2.75) is 20.0 Å². The lowest BCUT2D eigenvalue weighted by Gasteiger charge is -2.11. The summed E-state index contributed by atoms with van der Waals surface area (Å²) in [7, 11) is 0. The number of amides is 1. The summed E-state index contributed by atoms with van der Waals surface area (Å²) in [5.41, 5.74) is 2.20. The van der Waals surface area contributed by atoms with Crippen LogP contribution in [0, 0.1) is 0 Å². The van der Waals surface area contributed by atoms with Crippen LogP contribution in [0.1, 0.15) is 24.2 Å². The largest absolute Gasteiger partial charge is 0.491 e. The molecule has 1 aliphatic rings. The summed E-state index contributed by atoms with van der Waals surface area (Å²) in [5.74, 6) is 2.22. The van der Waals surface area contributed by atoms with Crippen LogP contribution in [0.25, 0.3) is 0 Å². The maximum absolute atomic E-state index is 12.4. The van der Waals surface area contributed by atoms with Crippen molar-refractivity contribution in [1.29, 1.82) is 0 Å². The topological polar surface area (TPSA) is 81.7 Å². The lowest BCUT2D eigenvalue weighted by atomic mass is 10.2. The third-order valence-corrected chi connectivity index (χ3v) is 4.15. The molecule has 2 N–H and O–H groups in total. The first-order valence-electron chi connectivity index (χ1n) is 9.27. The van der Waals surface area contributed by atoms with Gasteiger partial charge in [0, 0.05) is 11.3 Å². The number of nitrogens with zero attached hydrogens (tertiary/aromatic N) is 1. The Morgan fingerprint density at radius 1 is 1.00 bits per heavy atom. The van der Waals surface area contributed by atoms with Gasteiger partial charge in [0.25, 0.3) is 5.91 Å². The molecule has 0 bridgehead atoms. The minimum atomic E-state index is -0.266. The minimum Gasteiger partial charge on any atom is -0.491 e. The average molecular weight is 391 g/mol. The second-order valence-corrected chi connectivity index (χ2v) is 6.77. The summed E-state index contributed by atoms with van der Waals surface area (Å²) in [6, 6.07) is 16.3. The number of benzene rings is 2. The van der Waals surface area contributed by atoms with Gasteiger partial charge in [0.15, 0.2) is 11.5 Å². The van der Waals surface area contributed by atoms with E-state index in [1.54, 1.807) is 30.5 Å². The molecule has 148 valence electrons. The Labute approximate surface area is 168 Å². The fourth-order valence-electron chi connectivity index (χ4n) is 2.82. The first-order chi connectivity index (χ1) is 14.1. The van der Waals surface area contributed by atoms with E-state index in [0.29, 0.717) is 22.9 Å². The molecule has 29 heavy (non-hydrogen) atoms. The normalized spacial score (nSPS) is 12.0. The van der Waals surface area contributed by atoms with Crippen molar-refractivity contribution in [3.05, 3.63) is 66.4 Å². The zero-order valence-corrected chi connectivity index (χ0v) is 16.1. The SMILES string of the molecule is CC(C)Oc1ccc(Nc2ccc(NC(=O)c3ccc4c(c3)OCO4)nc2)cc1. The van der Waals surface area contributed by atoms with Crippen molar-refractivity contribution in [3.8, 4) is 17.2 Å². The number of nitrogens with one attached hydrogen (secondary N) is 2. The molecule has 3 aromatic rings. The zero-order chi connectivity index (χ0) is 20.2. The Morgan fingerprint density at radius 3 is 2.48 bits per heavy atom. The van der Waals surface area contributed by atoms with Gasteiger partial charge in [-0.15, -0.1) is 0 Å². The third-order valence-electron chi connectivity index (χ3n) is 4.15. The minimum absolute atomic E-state index is 0.137. The monoisotopic (exact) mass is 391 g/mol. The number of rotatable bonds is 6. The molecule has 0 saturated carbocycles. The second kappa shape index (κ2) is 8.10. The van der Waals surface area contributed by atoms with Gasteiger partial charge in [-0.05, 0) is 68.4 Å². The number of pyridine rings is 1. The van der Waals surface area contributed by atoms with E-state index in [4.69, 9.17) is 14.2 Å². The number of hydrogen-bond donors (Lipinski definition) is 2. The molecule has 0 unspecified atom stereocenters. The molecule has 0 aliphatic carbocycles. The van der Waals surface area contributed by atoms with E-state index in [9.17, 15) is 4.79 Å². The maximum Gasteiger partial charge on any atom is 0.256 e. The highest BCUT2D eigenvalue weighted by Gasteiger charge is 2.16. The van der Waals surface area contributed by atoms with Crippen molar-refractivity contribution in [1.82, 2.24) is 4.98 Å². The van der Waals surface area contributed by atoms with E-state index < -0.39 is 0 Å². The van der Waals surface area contributed by atoms with Gasteiger partial charge in [0.05, 0.1) is 18.0 Å². The first kappa shape index (κ1) is 18.6. The molecule has 1 aromatic heterocycles. The molecule has 0 spiro atoms. The maximum atomic E-state index is 12.4. The van der Waals surface area contributed by atoms with Crippen molar-refractivity contribution in [2.75, 3.05) is 17.4 Å². The lowest BCUT2D eigenvalue weighted by Crippen LogP contribution is -2.12. The Balaban J connectivity index is 1.37. The van der Waals surface area contributed by atoms with Crippen LogP contribution in [-0.2, 0) is 0 Å². The van der Waals surface area contributed by atoms with Gasteiger partial charge in [-0.2, -0.15) is 0 Å². The molecule has 0 radical (unpaired) electrons. The number of carbonyl (C=O) groups excluding carboxylic acids is 1. The van der Waals surface area contributed by atoms with Crippen molar-refractivity contribution in [3.63, 3.8) is 0 Å². The summed E-state index contributed by atoms with van der Waals surface area (Å²) < 4.78 is 16.2. The van der Waals surface area contributed by atoms with Crippen LogP contribution in [0.5, 0.6) is 17.2 Å². The summed E-state index contributed by atoms with van der Waals surface area (Å²) in [6.07, 6.45) is 1.80. The summed E-state index contributed by atoms with van der Waals surface area (Å²) in [6.45, 7) is 4.15. The Hall–Kier alpha value is -3.74. The molecule has 2 aromatic carbocycles. The summed E-state index contributed by atoms with van der Waals surface area (Å²) in [4.78, 5) is 16.7. The molecule has 0 saturated heterocycles. The van der Waals surface area contributed by atoms with Crippen LogP contribution in [0.3, 0.4) is 0 Å². The molecule has 7 heteroatoms. The van der Waals surface area contributed by atoms with E-state index in [-0.39, 0.29) is 18.8 Å². The van der Waals surface area contributed by atoms with Crippen LogP contribution < -0.4 is 24.8 Å². The Kier molecular flexibility index (Phi) is 5.20. The van der Waals surface area contributed by atoms with Crippen LogP contribution in [0.4, 0.5) is 17.2 Å². The van der Waals surface area contributed by atoms with Crippen molar-refractivity contribution in [2.24, 2.45) is 0 Å². The van der Waals surface area contributed by atoms with Gasteiger partial charge in [-0.25, -0.2) is 4.98 Å². The van der Waals surface area contributed by atoms with Gasteiger partial charge >= 0.3 is 0 Å². The third kappa shape index (κ3) is 4.57. The number of hydrogen-bond acceptors (Lipinski definition) is 6. The average Bonchev–Trinajstić information content (AvgIpc) is 3.18. The fraction of sp³-hybridized carbons (Fsp3) is 0.182. The van der Waals surface area contributed by atoms with E-state index in [1.807, 2.05) is 44.2 Å². The van der Waals surface area contributed by atoms with Crippen LogP contribution >= 0.6 is 0 Å². The second-order valence-electron chi connectivity index (χ2n) is 6.77. The van der Waals surface area contributed by atoms with Crippen LogP contribution in [0.2, 0.25) is 0 Å². The Morgan fingerprint density at radius 2 is 1.76 bits per heavy atom. The van der Waals surface area contributed by atoms with E-state index in [1.165, 1.54) is 0 Å². The van der Waals surface area contributed by atoms with E-state index in [0.717, 1.165) is 17.1 Å². The molecule has 2 heterocycles. The predicted octanol–water partition coefficient (Wildman–Crippen LogP) is 4.59. The fourth-order valence-corrected chi connectivity index (χ4v) is 2.82. The van der Waals surface area contributed by atoms with E-state index in [2.05, 4.69) is 15.6 Å². The summed E-state index contributed by atoms with van der Waals surface area (Å²) in [5, 5.41) is 6.04.